The molecule has 0 unspecified atom stereocenters. The summed E-state index contributed by atoms with van der Waals surface area (Å²) in [7, 11) is 0. The number of likely N-dealkylation sites (tertiary alicyclic amines) is 1. The maximum absolute atomic E-state index is 14.4. The third-order valence-electron chi connectivity index (χ3n) is 9.38. The maximum Gasteiger partial charge on any atom is 0.272 e. The average Bonchev–Trinajstić information content (AvgIpc) is 3.45. The van der Waals surface area contributed by atoms with Crippen molar-refractivity contribution in [2.75, 3.05) is 39.4 Å². The summed E-state index contributed by atoms with van der Waals surface area (Å²) in [5, 5.41) is 21.0. The van der Waals surface area contributed by atoms with Crippen molar-refractivity contribution in [2.24, 2.45) is 17.3 Å². The number of hydrogen-bond donors (Lipinski definition) is 2. The van der Waals surface area contributed by atoms with E-state index in [0.29, 0.717) is 24.3 Å². The predicted octanol–water partition coefficient (Wildman–Crippen LogP) is 3.76. The Balaban J connectivity index is 1.41. The molecule has 3 fully saturated rings. The van der Waals surface area contributed by atoms with E-state index in [1.165, 1.54) is 22.5 Å². The predicted molar refractivity (Wildman–Crippen MR) is 182 cm³/mol. The first kappa shape index (κ1) is 35.4. The molecule has 12 heteroatoms. The van der Waals surface area contributed by atoms with Crippen LogP contribution in [-0.4, -0.2) is 116 Å². The number of hydrogen-bond acceptors (Lipinski definition) is 9. The fourth-order valence-electron chi connectivity index (χ4n) is 6.88. The number of aliphatic hydroxyl groups excluding tert-OH is 2. The van der Waals surface area contributed by atoms with Crippen molar-refractivity contribution in [3.05, 3.63) is 35.3 Å². The van der Waals surface area contributed by atoms with Crippen molar-refractivity contribution >= 4 is 45.4 Å². The lowest BCUT2D eigenvalue weighted by Crippen LogP contribution is -2.74. The first-order valence-corrected chi connectivity index (χ1v) is 17.8. The average molecular weight is 670 g/mol. The van der Waals surface area contributed by atoms with Crippen molar-refractivity contribution in [1.82, 2.24) is 24.7 Å². The van der Waals surface area contributed by atoms with Crippen LogP contribution in [0.1, 0.15) is 71.7 Å². The Morgan fingerprint density at radius 3 is 2.45 bits per heavy atom. The molecule has 2 aromatic rings. The molecule has 3 aliphatic heterocycles. The molecule has 0 radical (unpaired) electrons. The van der Waals surface area contributed by atoms with Crippen molar-refractivity contribution in [2.45, 2.75) is 91.1 Å². The number of nitrogens with zero attached hydrogens (tertiary/aromatic N) is 5. The van der Waals surface area contributed by atoms with Crippen LogP contribution in [0.25, 0.3) is 16.3 Å². The van der Waals surface area contributed by atoms with Crippen molar-refractivity contribution in [3.8, 4) is 0 Å². The first-order valence-electron chi connectivity index (χ1n) is 17.0. The Bertz CT molecular complexity index is 1390. The second kappa shape index (κ2) is 15.1. The van der Waals surface area contributed by atoms with Gasteiger partial charge in [0, 0.05) is 44.3 Å². The van der Waals surface area contributed by atoms with Gasteiger partial charge in [0.05, 0.1) is 16.8 Å². The van der Waals surface area contributed by atoms with Gasteiger partial charge in [-0.25, -0.2) is 4.98 Å². The van der Waals surface area contributed by atoms with Crippen LogP contribution in [0.4, 0.5) is 0 Å². The quantitative estimate of drug-likeness (QED) is 0.347. The summed E-state index contributed by atoms with van der Waals surface area (Å²) in [6, 6.07) is 7.08. The van der Waals surface area contributed by atoms with Crippen LogP contribution in [0.15, 0.2) is 30.3 Å². The minimum atomic E-state index is -0.863. The minimum Gasteiger partial charge on any atom is -0.396 e. The van der Waals surface area contributed by atoms with Crippen molar-refractivity contribution in [1.29, 1.82) is 0 Å². The smallest absolute Gasteiger partial charge is 0.272 e. The van der Waals surface area contributed by atoms with Gasteiger partial charge in [-0.05, 0) is 68.2 Å². The minimum absolute atomic E-state index is 0.0337. The molecule has 3 amide bonds. The summed E-state index contributed by atoms with van der Waals surface area (Å²) < 4.78 is 1.03. The third kappa shape index (κ3) is 8.40. The number of amides is 3. The van der Waals surface area contributed by atoms with Gasteiger partial charge in [-0.15, -0.1) is 11.3 Å². The summed E-state index contributed by atoms with van der Waals surface area (Å²) in [6.45, 7) is 12.7. The highest BCUT2D eigenvalue weighted by molar-refractivity contribution is 7.19. The molecule has 1 aromatic carbocycles. The number of carbonyl (C=O) groups excluding carboxylic acids is 3. The van der Waals surface area contributed by atoms with Crippen LogP contribution < -0.4 is 0 Å². The summed E-state index contributed by atoms with van der Waals surface area (Å²) in [4.78, 5) is 59.2. The van der Waals surface area contributed by atoms with E-state index in [-0.39, 0.29) is 60.8 Å². The molecule has 1 aromatic heterocycles. The zero-order valence-electron chi connectivity index (χ0n) is 28.4. The highest BCUT2D eigenvalue weighted by atomic mass is 32.1. The summed E-state index contributed by atoms with van der Waals surface area (Å²) >= 11 is 1.50. The zero-order valence-corrected chi connectivity index (χ0v) is 29.2. The number of para-hydroxylation sites is 1. The monoisotopic (exact) mass is 669 g/mol. The van der Waals surface area contributed by atoms with Crippen molar-refractivity contribution in [3.63, 3.8) is 0 Å². The fraction of sp³-hybridized carbons (Fsp3) is 0.657. The Morgan fingerprint density at radius 1 is 1.11 bits per heavy atom. The van der Waals surface area contributed by atoms with E-state index < -0.39 is 18.3 Å². The van der Waals surface area contributed by atoms with Crippen LogP contribution in [0.3, 0.4) is 0 Å². The first-order chi connectivity index (χ1) is 22.4. The number of fused-ring (bicyclic) bond motifs is 2. The van der Waals surface area contributed by atoms with Gasteiger partial charge >= 0.3 is 0 Å². The number of carbonyl (C=O) groups is 3. The molecule has 4 heterocycles. The van der Waals surface area contributed by atoms with E-state index in [2.05, 4.69) is 30.7 Å². The largest absolute Gasteiger partial charge is 0.396 e. The fourth-order valence-corrected chi connectivity index (χ4v) is 7.75. The number of benzene rings is 1. The van der Waals surface area contributed by atoms with Gasteiger partial charge in [0.1, 0.15) is 11.0 Å². The van der Waals surface area contributed by atoms with Crippen LogP contribution >= 0.6 is 11.3 Å². The molecule has 47 heavy (non-hydrogen) atoms. The molecule has 3 saturated heterocycles. The lowest BCUT2D eigenvalue weighted by Gasteiger charge is -2.55. The highest BCUT2D eigenvalue weighted by Crippen LogP contribution is 2.36. The van der Waals surface area contributed by atoms with Gasteiger partial charge in [0.2, 0.25) is 5.91 Å². The Kier molecular flexibility index (Phi) is 11.4. The molecular weight excluding hydrogens is 618 g/mol. The maximum atomic E-state index is 14.4. The summed E-state index contributed by atoms with van der Waals surface area (Å²) in [6.07, 6.45) is 4.67. The van der Waals surface area contributed by atoms with Crippen LogP contribution in [0.5, 0.6) is 0 Å². The number of aliphatic hydroxyl groups is 2. The van der Waals surface area contributed by atoms with E-state index in [1.54, 1.807) is 11.0 Å². The number of piperazine rings is 1. The lowest BCUT2D eigenvalue weighted by atomic mass is 9.84. The molecule has 0 bridgehead atoms. The van der Waals surface area contributed by atoms with Gasteiger partial charge in [-0.3, -0.25) is 19.2 Å². The third-order valence-corrected chi connectivity index (χ3v) is 10.4. The Hall–Kier alpha value is -2.90. The number of rotatable bonds is 11. The molecule has 0 spiro atoms. The molecule has 0 saturated carbocycles. The zero-order chi connectivity index (χ0) is 33.9. The summed E-state index contributed by atoms with van der Waals surface area (Å²) in [5.74, 6) is -0.671. The standard InChI is InChI=1S/C35H51N5O6S/c1-23(2)18-28-34(45)39-27(19-35(3,4)5)33(44)38(25-13-16-37(17-14-25)15-12-24(21-41)22-42)20-31(39)40(46-28)32(43)11-10-30-36-26-8-6-7-9-29(26)47-30/h6-11,23-25,27-28,31,41-42H,12-22H2,1-5H3/b11-10+/t27-,28+,31-/m0/s1. The van der Waals surface area contributed by atoms with E-state index in [9.17, 15) is 24.6 Å². The number of piperidine rings is 1. The van der Waals surface area contributed by atoms with E-state index >= 15 is 0 Å². The molecule has 258 valence electrons. The van der Waals surface area contributed by atoms with E-state index in [4.69, 9.17) is 4.84 Å². The molecule has 5 rings (SSSR count). The van der Waals surface area contributed by atoms with E-state index in [0.717, 1.165) is 42.7 Å². The van der Waals surface area contributed by atoms with Gasteiger partial charge < -0.3 is 24.9 Å². The highest BCUT2D eigenvalue weighted by Gasteiger charge is 2.54. The number of hydroxylamine groups is 2. The number of thiazole rings is 1. The van der Waals surface area contributed by atoms with E-state index in [1.807, 2.05) is 43.0 Å². The van der Waals surface area contributed by atoms with Gasteiger partial charge in [0.15, 0.2) is 12.3 Å². The Labute approximate surface area is 282 Å². The molecule has 11 nitrogen and oxygen atoms in total. The molecule has 2 N–H and O–H groups in total. The number of aromatic nitrogens is 1. The van der Waals surface area contributed by atoms with Crippen LogP contribution in [0.2, 0.25) is 0 Å². The van der Waals surface area contributed by atoms with Crippen molar-refractivity contribution < 1.29 is 29.4 Å². The van der Waals surface area contributed by atoms with Gasteiger partial charge in [-0.2, -0.15) is 5.06 Å². The summed E-state index contributed by atoms with van der Waals surface area (Å²) in [5.41, 5.74) is 0.618. The molecule has 0 aliphatic carbocycles. The van der Waals surface area contributed by atoms with Gasteiger partial charge in [0.25, 0.3) is 11.8 Å². The molecular formula is C35H51N5O6S. The lowest BCUT2D eigenvalue weighted by molar-refractivity contribution is -0.276. The second-order valence-corrected chi connectivity index (χ2v) is 15.9. The normalized spacial score (nSPS) is 23.6. The second-order valence-electron chi connectivity index (χ2n) is 14.8. The molecule has 3 aliphatic rings. The van der Waals surface area contributed by atoms with Crippen LogP contribution in [-0.2, 0) is 19.2 Å². The molecule has 3 atom stereocenters. The SMILES string of the molecule is CC(C)C[C@H]1ON(C(=O)/C=C/c2nc3ccccc3s2)[C@H]2CN(C3CCN(CCC(CO)CO)CC3)C(=O)[C@H](CC(C)(C)C)N2C1=O. The Morgan fingerprint density at radius 2 is 1.81 bits per heavy atom. The van der Waals surface area contributed by atoms with Gasteiger partial charge in [-0.1, -0.05) is 46.8 Å². The topological polar surface area (TPSA) is 127 Å². The van der Waals surface area contributed by atoms with Crippen LogP contribution in [0, 0.1) is 17.3 Å².